The molecule has 0 aliphatic heterocycles. The standard InChI is InChI=1S/C15H12INO3/c16-12-9-5-4-8-11(12)14(18)17-13(15(19)20)10-6-2-1-3-7-10/h1-9,13H,(H,17,18)(H,19,20). The molecule has 5 heteroatoms. The number of rotatable bonds is 4. The molecule has 0 fully saturated rings. The topological polar surface area (TPSA) is 66.4 Å². The summed E-state index contributed by atoms with van der Waals surface area (Å²) in [4.78, 5) is 23.5. The molecule has 0 saturated carbocycles. The Bertz CT molecular complexity index is 628. The highest BCUT2D eigenvalue weighted by atomic mass is 127. The number of nitrogens with one attached hydrogen (secondary N) is 1. The van der Waals surface area contributed by atoms with Crippen LogP contribution in [0.3, 0.4) is 0 Å². The van der Waals surface area contributed by atoms with E-state index in [2.05, 4.69) is 5.32 Å². The Balaban J connectivity index is 2.24. The Kier molecular flexibility index (Phi) is 4.73. The maximum absolute atomic E-state index is 12.2. The van der Waals surface area contributed by atoms with E-state index in [0.29, 0.717) is 11.1 Å². The SMILES string of the molecule is O=C(NC(C(=O)O)c1ccccc1)c1ccccc1I. The lowest BCUT2D eigenvalue weighted by Crippen LogP contribution is -2.34. The zero-order chi connectivity index (χ0) is 14.5. The van der Waals surface area contributed by atoms with Crippen LogP contribution in [0.15, 0.2) is 54.6 Å². The molecule has 1 amide bonds. The molecule has 4 nitrogen and oxygen atoms in total. The van der Waals surface area contributed by atoms with E-state index in [9.17, 15) is 14.7 Å². The predicted molar refractivity (Wildman–Crippen MR) is 83.4 cm³/mol. The molecular formula is C15H12INO3. The van der Waals surface area contributed by atoms with E-state index >= 15 is 0 Å². The van der Waals surface area contributed by atoms with Crippen LogP contribution in [0, 0.1) is 3.57 Å². The predicted octanol–water partition coefficient (Wildman–Crippen LogP) is 2.85. The number of carboxylic acids is 1. The second-order valence-corrected chi connectivity index (χ2v) is 5.30. The fraction of sp³-hybridized carbons (Fsp3) is 0.0667. The maximum atomic E-state index is 12.2. The third-order valence-electron chi connectivity index (χ3n) is 2.77. The molecule has 2 aromatic carbocycles. The molecule has 20 heavy (non-hydrogen) atoms. The van der Waals surface area contributed by atoms with E-state index in [1.165, 1.54) is 0 Å². The molecular weight excluding hydrogens is 369 g/mol. The van der Waals surface area contributed by atoms with Crippen molar-refractivity contribution in [3.63, 3.8) is 0 Å². The minimum Gasteiger partial charge on any atom is -0.479 e. The van der Waals surface area contributed by atoms with Crippen molar-refractivity contribution in [3.8, 4) is 0 Å². The van der Waals surface area contributed by atoms with Gasteiger partial charge in [-0.05, 0) is 40.3 Å². The van der Waals surface area contributed by atoms with Crippen molar-refractivity contribution in [2.24, 2.45) is 0 Å². The van der Waals surface area contributed by atoms with Crippen LogP contribution in [-0.2, 0) is 4.79 Å². The Morgan fingerprint density at radius 2 is 1.60 bits per heavy atom. The molecule has 2 rings (SSSR count). The zero-order valence-corrected chi connectivity index (χ0v) is 12.6. The average molecular weight is 381 g/mol. The van der Waals surface area contributed by atoms with Crippen molar-refractivity contribution in [2.45, 2.75) is 6.04 Å². The number of amides is 1. The third kappa shape index (κ3) is 3.36. The van der Waals surface area contributed by atoms with Crippen molar-refractivity contribution < 1.29 is 14.7 Å². The Morgan fingerprint density at radius 3 is 2.20 bits per heavy atom. The van der Waals surface area contributed by atoms with Crippen LogP contribution in [0.1, 0.15) is 22.0 Å². The van der Waals surface area contributed by atoms with Gasteiger partial charge in [-0.15, -0.1) is 0 Å². The lowest BCUT2D eigenvalue weighted by atomic mass is 10.1. The van der Waals surface area contributed by atoms with Crippen LogP contribution >= 0.6 is 22.6 Å². The van der Waals surface area contributed by atoms with Crippen molar-refractivity contribution in [2.75, 3.05) is 0 Å². The second kappa shape index (κ2) is 6.51. The molecule has 0 aliphatic carbocycles. The number of carbonyl (C=O) groups excluding carboxylic acids is 1. The molecule has 0 heterocycles. The number of hydrogen-bond acceptors (Lipinski definition) is 2. The summed E-state index contributed by atoms with van der Waals surface area (Å²) in [6.07, 6.45) is 0. The van der Waals surface area contributed by atoms with Gasteiger partial charge in [0.05, 0.1) is 5.56 Å². The highest BCUT2D eigenvalue weighted by molar-refractivity contribution is 14.1. The minimum absolute atomic E-state index is 0.397. The first-order chi connectivity index (χ1) is 9.59. The van der Waals surface area contributed by atoms with Gasteiger partial charge in [-0.25, -0.2) is 4.79 Å². The van der Waals surface area contributed by atoms with E-state index in [-0.39, 0.29) is 0 Å². The number of halogens is 1. The summed E-state index contributed by atoms with van der Waals surface area (Å²) in [7, 11) is 0. The van der Waals surface area contributed by atoms with E-state index in [1.54, 1.807) is 48.5 Å². The molecule has 2 N–H and O–H groups in total. The van der Waals surface area contributed by atoms with Crippen LogP contribution in [0.5, 0.6) is 0 Å². The lowest BCUT2D eigenvalue weighted by Gasteiger charge is -2.15. The number of aliphatic carboxylic acids is 1. The molecule has 102 valence electrons. The average Bonchev–Trinajstić information content (AvgIpc) is 2.45. The van der Waals surface area contributed by atoms with Crippen LogP contribution < -0.4 is 5.32 Å². The van der Waals surface area contributed by atoms with Crippen LogP contribution in [-0.4, -0.2) is 17.0 Å². The monoisotopic (exact) mass is 381 g/mol. The van der Waals surface area contributed by atoms with Gasteiger partial charge >= 0.3 is 5.97 Å². The van der Waals surface area contributed by atoms with E-state index in [1.807, 2.05) is 28.7 Å². The summed E-state index contributed by atoms with van der Waals surface area (Å²) in [5.74, 6) is -1.48. The highest BCUT2D eigenvalue weighted by Gasteiger charge is 2.23. The third-order valence-corrected chi connectivity index (χ3v) is 3.71. The van der Waals surface area contributed by atoms with Gasteiger partial charge < -0.3 is 10.4 Å². The number of carboxylic acid groups (broad SMARTS) is 1. The van der Waals surface area contributed by atoms with Crippen molar-refractivity contribution in [1.29, 1.82) is 0 Å². The summed E-state index contributed by atoms with van der Waals surface area (Å²) in [6.45, 7) is 0. The van der Waals surface area contributed by atoms with Crippen molar-refractivity contribution >= 4 is 34.5 Å². The first kappa shape index (κ1) is 14.5. The van der Waals surface area contributed by atoms with Crippen LogP contribution in [0.2, 0.25) is 0 Å². The Morgan fingerprint density at radius 1 is 1.00 bits per heavy atom. The number of carbonyl (C=O) groups is 2. The molecule has 2 aromatic rings. The highest BCUT2D eigenvalue weighted by Crippen LogP contribution is 2.16. The van der Waals surface area contributed by atoms with Gasteiger partial charge in [0.15, 0.2) is 6.04 Å². The summed E-state index contributed by atoms with van der Waals surface area (Å²) in [5.41, 5.74) is 1.01. The minimum atomic E-state index is -1.09. The fourth-order valence-electron chi connectivity index (χ4n) is 1.79. The van der Waals surface area contributed by atoms with Gasteiger partial charge in [0.25, 0.3) is 5.91 Å². The smallest absolute Gasteiger partial charge is 0.330 e. The van der Waals surface area contributed by atoms with Crippen LogP contribution in [0.25, 0.3) is 0 Å². The maximum Gasteiger partial charge on any atom is 0.330 e. The molecule has 0 bridgehead atoms. The summed E-state index contributed by atoms with van der Waals surface area (Å²) < 4.78 is 0.778. The largest absolute Gasteiger partial charge is 0.479 e. The van der Waals surface area contributed by atoms with Gasteiger partial charge in [0.1, 0.15) is 0 Å². The number of benzene rings is 2. The van der Waals surface area contributed by atoms with E-state index < -0.39 is 17.9 Å². The van der Waals surface area contributed by atoms with Gasteiger partial charge in [0.2, 0.25) is 0 Å². The molecule has 0 spiro atoms. The van der Waals surface area contributed by atoms with E-state index in [0.717, 1.165) is 3.57 Å². The normalized spacial score (nSPS) is 11.7. The zero-order valence-electron chi connectivity index (χ0n) is 10.4. The second-order valence-electron chi connectivity index (χ2n) is 4.14. The lowest BCUT2D eigenvalue weighted by molar-refractivity contribution is -0.139. The quantitative estimate of drug-likeness (QED) is 0.801. The Labute approximate surface area is 130 Å². The fourth-order valence-corrected chi connectivity index (χ4v) is 2.42. The first-order valence-electron chi connectivity index (χ1n) is 5.92. The number of hydrogen-bond donors (Lipinski definition) is 2. The van der Waals surface area contributed by atoms with E-state index in [4.69, 9.17) is 0 Å². The van der Waals surface area contributed by atoms with Gasteiger partial charge in [0, 0.05) is 3.57 Å². The molecule has 0 saturated heterocycles. The van der Waals surface area contributed by atoms with Gasteiger partial charge in [-0.2, -0.15) is 0 Å². The molecule has 1 unspecified atom stereocenters. The Hall–Kier alpha value is -1.89. The molecule has 1 atom stereocenters. The molecule has 0 aromatic heterocycles. The van der Waals surface area contributed by atoms with Crippen molar-refractivity contribution in [3.05, 3.63) is 69.3 Å². The summed E-state index contributed by atoms with van der Waals surface area (Å²) in [6, 6.07) is 14.6. The van der Waals surface area contributed by atoms with Gasteiger partial charge in [-0.3, -0.25) is 4.79 Å². The summed E-state index contributed by atoms with van der Waals surface area (Å²) >= 11 is 2.05. The van der Waals surface area contributed by atoms with Crippen LogP contribution in [0.4, 0.5) is 0 Å². The first-order valence-corrected chi connectivity index (χ1v) is 7.00. The molecule has 0 aliphatic rings. The van der Waals surface area contributed by atoms with Gasteiger partial charge in [-0.1, -0.05) is 42.5 Å². The summed E-state index contributed by atoms with van der Waals surface area (Å²) in [5, 5.41) is 11.8. The molecule has 0 radical (unpaired) electrons. The van der Waals surface area contributed by atoms with Crippen molar-refractivity contribution in [1.82, 2.24) is 5.32 Å².